The Morgan fingerprint density at radius 2 is 1.88 bits per heavy atom. The third-order valence-electron chi connectivity index (χ3n) is 6.22. The molecule has 1 saturated carbocycles. The molecule has 1 atom stereocenters. The van der Waals surface area contributed by atoms with Crippen LogP contribution in [0, 0.1) is 12.7 Å². The molecule has 2 heterocycles. The number of aromatic nitrogens is 3. The molecule has 1 aliphatic carbocycles. The molecule has 4 rings (SSSR count). The van der Waals surface area contributed by atoms with Crippen LogP contribution in [-0.4, -0.2) is 31.3 Å². The number of aliphatic hydroxyl groups excluding tert-OH is 1. The van der Waals surface area contributed by atoms with E-state index in [0.29, 0.717) is 24.1 Å². The fourth-order valence-electron chi connectivity index (χ4n) is 4.36. The molecule has 0 saturated heterocycles. The number of halogens is 3. The molecule has 7 nitrogen and oxygen atoms in total. The Morgan fingerprint density at radius 1 is 1.21 bits per heavy atom. The molecule has 33 heavy (non-hydrogen) atoms. The monoisotopic (exact) mass is 462 g/mol. The van der Waals surface area contributed by atoms with Gasteiger partial charge in [0.05, 0.1) is 28.7 Å². The quantitative estimate of drug-likeness (QED) is 0.456. The molecule has 0 radical (unpaired) electrons. The predicted octanol–water partition coefficient (Wildman–Crippen LogP) is 4.00. The molecule has 0 aliphatic heterocycles. The number of aromatic amines is 1. The SMILES string of the molecule is Cc1nc(N[C@H](C)c2cccc(C(F)F)c2F)c2cc([C@]3(O)CC[C@H](O)CC3)c(=O)[nH]c2n1. The van der Waals surface area contributed by atoms with Crippen LogP contribution in [0.1, 0.15) is 67.6 Å². The second-order valence-electron chi connectivity index (χ2n) is 8.57. The summed E-state index contributed by atoms with van der Waals surface area (Å²) >= 11 is 0. The van der Waals surface area contributed by atoms with E-state index >= 15 is 0 Å². The van der Waals surface area contributed by atoms with Gasteiger partial charge in [-0.05, 0) is 45.6 Å². The summed E-state index contributed by atoms with van der Waals surface area (Å²) in [5, 5.41) is 24.3. The molecule has 10 heteroatoms. The summed E-state index contributed by atoms with van der Waals surface area (Å²) in [6.45, 7) is 3.23. The van der Waals surface area contributed by atoms with Crippen LogP contribution in [0.15, 0.2) is 29.1 Å². The number of fused-ring (bicyclic) bond motifs is 1. The summed E-state index contributed by atoms with van der Waals surface area (Å²) in [5.74, 6) is -0.391. The smallest absolute Gasteiger partial charge is 0.266 e. The van der Waals surface area contributed by atoms with Gasteiger partial charge in [-0.3, -0.25) is 4.79 Å². The van der Waals surface area contributed by atoms with E-state index in [0.717, 1.165) is 6.07 Å². The number of alkyl halides is 2. The standard InChI is InChI=1S/C23H25F3N4O3/c1-11(14-4-3-5-15(18(14)24)19(25)26)27-20-16-10-17(23(33)8-6-13(31)7-9-23)22(32)30-21(16)29-12(2)28-20/h3-5,10-11,13,19,31,33H,6-9H2,1-2H3,(H2,27,28,29,30,32)/t11-,13-,23-/m1/s1. The summed E-state index contributed by atoms with van der Waals surface area (Å²) in [4.78, 5) is 24.1. The molecule has 176 valence electrons. The van der Waals surface area contributed by atoms with Crippen LogP contribution in [0.5, 0.6) is 0 Å². The first-order chi connectivity index (χ1) is 15.6. The van der Waals surface area contributed by atoms with Gasteiger partial charge in [0.15, 0.2) is 0 Å². The molecule has 0 amide bonds. The van der Waals surface area contributed by atoms with Crippen molar-refractivity contribution in [1.82, 2.24) is 15.0 Å². The normalized spacial score (nSPS) is 22.0. The van der Waals surface area contributed by atoms with Gasteiger partial charge in [0.1, 0.15) is 23.1 Å². The Labute approximate surface area is 187 Å². The van der Waals surface area contributed by atoms with Crippen molar-refractivity contribution in [3.05, 3.63) is 63.0 Å². The van der Waals surface area contributed by atoms with Crippen LogP contribution in [0.25, 0.3) is 11.0 Å². The van der Waals surface area contributed by atoms with Gasteiger partial charge in [0.2, 0.25) is 0 Å². The molecule has 3 aromatic rings. The third-order valence-corrected chi connectivity index (χ3v) is 6.22. The number of benzene rings is 1. The zero-order valence-electron chi connectivity index (χ0n) is 18.2. The first-order valence-electron chi connectivity index (χ1n) is 10.7. The van der Waals surface area contributed by atoms with Crippen LogP contribution >= 0.6 is 0 Å². The van der Waals surface area contributed by atoms with E-state index in [1.165, 1.54) is 18.2 Å². The van der Waals surface area contributed by atoms with Crippen molar-refractivity contribution in [3.8, 4) is 0 Å². The second kappa shape index (κ2) is 8.75. The van der Waals surface area contributed by atoms with E-state index in [4.69, 9.17) is 0 Å². The maximum Gasteiger partial charge on any atom is 0.266 e. The number of rotatable bonds is 5. The van der Waals surface area contributed by atoms with Gasteiger partial charge in [-0.15, -0.1) is 0 Å². The van der Waals surface area contributed by atoms with Crippen molar-refractivity contribution in [1.29, 1.82) is 0 Å². The van der Waals surface area contributed by atoms with Crippen molar-refractivity contribution < 1.29 is 23.4 Å². The zero-order chi connectivity index (χ0) is 23.9. The topological polar surface area (TPSA) is 111 Å². The fraction of sp³-hybridized carbons (Fsp3) is 0.435. The molecule has 0 unspecified atom stereocenters. The van der Waals surface area contributed by atoms with E-state index in [9.17, 15) is 28.2 Å². The highest BCUT2D eigenvalue weighted by molar-refractivity contribution is 5.87. The molecule has 0 spiro atoms. The Morgan fingerprint density at radius 3 is 2.55 bits per heavy atom. The Balaban J connectivity index is 1.77. The van der Waals surface area contributed by atoms with Crippen molar-refractivity contribution >= 4 is 16.9 Å². The molecular weight excluding hydrogens is 437 g/mol. The second-order valence-corrected chi connectivity index (χ2v) is 8.57. The van der Waals surface area contributed by atoms with E-state index < -0.39 is 41.1 Å². The first kappa shape index (κ1) is 23.2. The number of hydrogen-bond donors (Lipinski definition) is 4. The minimum absolute atomic E-state index is 0.0433. The molecule has 0 bridgehead atoms. The lowest BCUT2D eigenvalue weighted by atomic mass is 9.79. The number of nitrogens with one attached hydrogen (secondary N) is 2. The number of aryl methyl sites for hydroxylation is 1. The van der Waals surface area contributed by atoms with Crippen molar-refractivity contribution in [2.24, 2.45) is 0 Å². The molecule has 2 aromatic heterocycles. The highest BCUT2D eigenvalue weighted by Gasteiger charge is 2.37. The van der Waals surface area contributed by atoms with Gasteiger partial charge in [0.25, 0.3) is 12.0 Å². The lowest BCUT2D eigenvalue weighted by Gasteiger charge is -2.34. The van der Waals surface area contributed by atoms with E-state index in [2.05, 4.69) is 20.3 Å². The minimum atomic E-state index is -2.94. The average molecular weight is 462 g/mol. The summed E-state index contributed by atoms with van der Waals surface area (Å²) in [6, 6.07) is 4.60. The van der Waals surface area contributed by atoms with E-state index in [1.54, 1.807) is 13.8 Å². The van der Waals surface area contributed by atoms with Crippen molar-refractivity contribution in [2.75, 3.05) is 5.32 Å². The van der Waals surface area contributed by atoms with Gasteiger partial charge in [-0.2, -0.15) is 0 Å². The van der Waals surface area contributed by atoms with E-state index in [-0.39, 0.29) is 35.4 Å². The van der Waals surface area contributed by atoms with Crippen LogP contribution in [0.4, 0.5) is 19.0 Å². The first-order valence-corrected chi connectivity index (χ1v) is 10.7. The van der Waals surface area contributed by atoms with Gasteiger partial charge in [0, 0.05) is 11.1 Å². The summed E-state index contributed by atoms with van der Waals surface area (Å²) in [6.07, 6.45) is -2.30. The summed E-state index contributed by atoms with van der Waals surface area (Å²) in [5.41, 5.74) is -2.18. The number of H-pyrrole nitrogens is 1. The average Bonchev–Trinajstić information content (AvgIpc) is 2.75. The van der Waals surface area contributed by atoms with Crippen molar-refractivity contribution in [3.63, 3.8) is 0 Å². The maximum absolute atomic E-state index is 14.7. The largest absolute Gasteiger partial charge is 0.393 e. The maximum atomic E-state index is 14.7. The Bertz CT molecular complexity index is 1240. The third kappa shape index (κ3) is 4.45. The fourth-order valence-corrected chi connectivity index (χ4v) is 4.36. The van der Waals surface area contributed by atoms with E-state index in [1.807, 2.05) is 0 Å². The summed E-state index contributed by atoms with van der Waals surface area (Å²) < 4.78 is 40.9. The Kier molecular flexibility index (Phi) is 6.15. The van der Waals surface area contributed by atoms with Crippen LogP contribution in [0.2, 0.25) is 0 Å². The van der Waals surface area contributed by atoms with Gasteiger partial charge in [-0.25, -0.2) is 23.1 Å². The molecule has 1 fully saturated rings. The summed E-state index contributed by atoms with van der Waals surface area (Å²) in [7, 11) is 0. The van der Waals surface area contributed by atoms with Crippen LogP contribution < -0.4 is 10.9 Å². The van der Waals surface area contributed by atoms with Gasteiger partial charge < -0.3 is 20.5 Å². The molecule has 4 N–H and O–H groups in total. The van der Waals surface area contributed by atoms with Crippen LogP contribution in [0.3, 0.4) is 0 Å². The van der Waals surface area contributed by atoms with Gasteiger partial charge >= 0.3 is 0 Å². The molecular formula is C23H25F3N4O3. The highest BCUT2D eigenvalue weighted by Crippen LogP contribution is 2.37. The zero-order valence-corrected chi connectivity index (χ0v) is 18.2. The number of anilines is 1. The predicted molar refractivity (Wildman–Crippen MR) is 117 cm³/mol. The lowest BCUT2D eigenvalue weighted by Crippen LogP contribution is -2.38. The minimum Gasteiger partial charge on any atom is -0.393 e. The van der Waals surface area contributed by atoms with Crippen molar-refractivity contribution in [2.45, 2.75) is 63.7 Å². The highest BCUT2D eigenvalue weighted by atomic mass is 19.3. The molecule has 1 aromatic carbocycles. The number of aliphatic hydroxyl groups is 2. The number of nitrogens with zero attached hydrogens (tertiary/aromatic N) is 2. The number of pyridine rings is 1. The molecule has 1 aliphatic rings. The Hall–Kier alpha value is -2.98. The lowest BCUT2D eigenvalue weighted by molar-refractivity contribution is -0.0369. The number of hydrogen-bond acceptors (Lipinski definition) is 6. The van der Waals surface area contributed by atoms with Crippen LogP contribution in [-0.2, 0) is 5.60 Å². The van der Waals surface area contributed by atoms with Gasteiger partial charge in [-0.1, -0.05) is 18.2 Å².